The minimum atomic E-state index is 0.957. The summed E-state index contributed by atoms with van der Waals surface area (Å²) in [4.78, 5) is 4.07. The molecule has 0 aliphatic rings. The number of rotatable bonds is 5. The van der Waals surface area contributed by atoms with Crippen molar-refractivity contribution in [3.05, 3.63) is 23.8 Å². The van der Waals surface area contributed by atoms with Gasteiger partial charge in [-0.3, -0.25) is 0 Å². The van der Waals surface area contributed by atoms with Gasteiger partial charge in [0.2, 0.25) is 0 Å². The van der Waals surface area contributed by atoms with Crippen molar-refractivity contribution < 1.29 is 0 Å². The Morgan fingerprint density at radius 1 is 1.64 bits per heavy atom. The molecule has 14 heavy (non-hydrogen) atoms. The van der Waals surface area contributed by atoms with Crippen LogP contribution in [0.15, 0.2) is 18.1 Å². The van der Waals surface area contributed by atoms with E-state index in [2.05, 4.69) is 30.2 Å². The third-order valence-electron chi connectivity index (χ3n) is 2.08. The molecule has 0 amide bonds. The Hall–Kier alpha value is -1.09. The topological polar surface area (TPSA) is 29.9 Å². The maximum absolute atomic E-state index is 4.07. The molecule has 3 heteroatoms. The van der Waals surface area contributed by atoms with Crippen LogP contribution in [-0.4, -0.2) is 22.6 Å². The van der Waals surface area contributed by atoms with E-state index < -0.39 is 0 Å². The van der Waals surface area contributed by atoms with Gasteiger partial charge in [0.15, 0.2) is 0 Å². The predicted molar refractivity (Wildman–Crippen MR) is 60.0 cm³/mol. The Morgan fingerprint density at radius 3 is 3.00 bits per heavy atom. The molecular formula is C11H19N3. The lowest BCUT2D eigenvalue weighted by atomic mass is 10.2. The van der Waals surface area contributed by atoms with Gasteiger partial charge in [-0.2, -0.15) is 0 Å². The molecule has 0 saturated heterocycles. The summed E-state index contributed by atoms with van der Waals surface area (Å²) in [6.07, 6.45) is 7.04. The summed E-state index contributed by atoms with van der Waals surface area (Å²) in [5.41, 5.74) is 2.49. The van der Waals surface area contributed by atoms with Crippen LogP contribution in [0.25, 0.3) is 6.08 Å². The van der Waals surface area contributed by atoms with Gasteiger partial charge in [-0.05, 0) is 26.0 Å². The summed E-state index contributed by atoms with van der Waals surface area (Å²) < 4.78 is 2.02. The van der Waals surface area contributed by atoms with E-state index in [0.717, 1.165) is 18.8 Å². The third-order valence-corrected chi connectivity index (χ3v) is 2.08. The largest absolute Gasteiger partial charge is 0.334 e. The first kappa shape index (κ1) is 11.0. The number of aryl methyl sites for hydroxylation is 1. The zero-order valence-corrected chi connectivity index (χ0v) is 9.25. The molecule has 0 fully saturated rings. The van der Waals surface area contributed by atoms with Gasteiger partial charge in [0.25, 0.3) is 0 Å². The maximum atomic E-state index is 4.07. The average molecular weight is 193 g/mol. The van der Waals surface area contributed by atoms with Crippen molar-refractivity contribution in [2.75, 3.05) is 13.1 Å². The number of aromatic nitrogens is 2. The molecule has 1 N–H and O–H groups in total. The lowest BCUT2D eigenvalue weighted by molar-refractivity contribution is 0.715. The van der Waals surface area contributed by atoms with Crippen molar-refractivity contribution in [1.82, 2.24) is 14.9 Å². The fourth-order valence-electron chi connectivity index (χ4n) is 1.27. The fourth-order valence-corrected chi connectivity index (χ4v) is 1.27. The zero-order valence-electron chi connectivity index (χ0n) is 9.25. The number of hydrogen-bond donors (Lipinski definition) is 1. The van der Waals surface area contributed by atoms with Gasteiger partial charge in [-0.1, -0.05) is 12.5 Å². The Labute approximate surface area is 85.8 Å². The minimum Gasteiger partial charge on any atom is -0.334 e. The zero-order chi connectivity index (χ0) is 10.4. The van der Waals surface area contributed by atoms with Crippen molar-refractivity contribution in [2.24, 2.45) is 7.05 Å². The molecule has 0 aliphatic heterocycles. The highest BCUT2D eigenvalue weighted by atomic mass is 15.0. The second-order valence-electron chi connectivity index (χ2n) is 3.60. The van der Waals surface area contributed by atoms with Crippen LogP contribution >= 0.6 is 0 Å². The summed E-state index contributed by atoms with van der Waals surface area (Å²) >= 11 is 0. The molecule has 0 unspecified atom stereocenters. The molecule has 3 nitrogen and oxygen atoms in total. The number of nitrogens with zero attached hydrogens (tertiary/aromatic N) is 2. The first-order chi connectivity index (χ1) is 6.74. The number of imidazole rings is 1. The molecule has 0 aromatic carbocycles. The van der Waals surface area contributed by atoms with E-state index in [0.29, 0.717) is 0 Å². The van der Waals surface area contributed by atoms with Gasteiger partial charge in [0.05, 0.1) is 18.2 Å². The Kier molecular flexibility index (Phi) is 4.40. The highest BCUT2D eigenvalue weighted by molar-refractivity contribution is 5.48. The number of hydrogen-bond acceptors (Lipinski definition) is 2. The summed E-state index contributed by atoms with van der Waals surface area (Å²) in [6, 6.07) is 0. The molecule has 1 rings (SSSR count). The van der Waals surface area contributed by atoms with Crippen LogP contribution in [0.5, 0.6) is 0 Å². The molecule has 1 aromatic rings. The van der Waals surface area contributed by atoms with Gasteiger partial charge in [-0.25, -0.2) is 4.98 Å². The van der Waals surface area contributed by atoms with E-state index in [1.54, 1.807) is 0 Å². The van der Waals surface area contributed by atoms with Crippen LogP contribution in [0, 0.1) is 0 Å². The van der Waals surface area contributed by atoms with E-state index >= 15 is 0 Å². The summed E-state index contributed by atoms with van der Waals surface area (Å²) in [5, 5.41) is 3.37. The third kappa shape index (κ3) is 3.34. The van der Waals surface area contributed by atoms with Crippen LogP contribution in [0.2, 0.25) is 0 Å². The van der Waals surface area contributed by atoms with E-state index in [1.807, 2.05) is 24.1 Å². The molecule has 0 atom stereocenters. The van der Waals surface area contributed by atoms with Crippen LogP contribution in [0.1, 0.15) is 26.0 Å². The molecule has 78 valence electrons. The van der Waals surface area contributed by atoms with Gasteiger partial charge < -0.3 is 9.88 Å². The van der Waals surface area contributed by atoms with Gasteiger partial charge in [0, 0.05) is 13.6 Å². The highest BCUT2D eigenvalue weighted by Crippen LogP contribution is 2.03. The van der Waals surface area contributed by atoms with Crippen LogP contribution in [-0.2, 0) is 7.05 Å². The predicted octanol–water partition coefficient (Wildman–Crippen LogP) is 1.82. The quantitative estimate of drug-likeness (QED) is 0.723. The smallest absolute Gasteiger partial charge is 0.0948 e. The summed E-state index contributed by atoms with van der Waals surface area (Å²) in [7, 11) is 2.01. The minimum absolute atomic E-state index is 0.957. The summed E-state index contributed by atoms with van der Waals surface area (Å²) in [6.45, 7) is 6.35. The Bertz CT molecular complexity index is 299. The van der Waals surface area contributed by atoms with Gasteiger partial charge >= 0.3 is 0 Å². The Balaban J connectivity index is 2.47. The van der Waals surface area contributed by atoms with Crippen molar-refractivity contribution in [3.8, 4) is 0 Å². The van der Waals surface area contributed by atoms with Crippen LogP contribution in [0.3, 0.4) is 0 Å². The molecule has 0 bridgehead atoms. The van der Waals surface area contributed by atoms with E-state index in [9.17, 15) is 0 Å². The van der Waals surface area contributed by atoms with E-state index in [1.165, 1.54) is 12.0 Å². The van der Waals surface area contributed by atoms with Crippen molar-refractivity contribution >= 4 is 6.08 Å². The van der Waals surface area contributed by atoms with Crippen molar-refractivity contribution in [3.63, 3.8) is 0 Å². The maximum Gasteiger partial charge on any atom is 0.0948 e. The van der Waals surface area contributed by atoms with E-state index in [-0.39, 0.29) is 0 Å². The van der Waals surface area contributed by atoms with Crippen LogP contribution < -0.4 is 5.32 Å². The average Bonchev–Trinajstić information content (AvgIpc) is 2.52. The summed E-state index contributed by atoms with van der Waals surface area (Å²) in [5.74, 6) is 0. The lowest BCUT2D eigenvalue weighted by Gasteiger charge is -2.03. The molecule has 0 spiro atoms. The van der Waals surface area contributed by atoms with E-state index in [4.69, 9.17) is 0 Å². The second kappa shape index (κ2) is 5.60. The van der Waals surface area contributed by atoms with Crippen molar-refractivity contribution in [2.45, 2.75) is 20.3 Å². The first-order valence-corrected chi connectivity index (χ1v) is 5.08. The SMILES string of the molecule is CCCNCC(C)=Cc1cncn1C. The highest BCUT2D eigenvalue weighted by Gasteiger charge is 1.95. The first-order valence-electron chi connectivity index (χ1n) is 5.08. The van der Waals surface area contributed by atoms with Gasteiger partial charge in [-0.15, -0.1) is 0 Å². The normalized spacial score (nSPS) is 12.1. The molecule has 1 heterocycles. The number of nitrogens with one attached hydrogen (secondary N) is 1. The Morgan fingerprint density at radius 2 is 2.43 bits per heavy atom. The molecule has 0 radical (unpaired) electrons. The standard InChI is InChI=1S/C11H19N3/c1-4-5-12-7-10(2)6-11-8-13-9-14(11)3/h6,8-9,12H,4-5,7H2,1-3H3. The lowest BCUT2D eigenvalue weighted by Crippen LogP contribution is -2.16. The second-order valence-corrected chi connectivity index (χ2v) is 3.60. The monoisotopic (exact) mass is 193 g/mol. The fraction of sp³-hybridized carbons (Fsp3) is 0.545. The van der Waals surface area contributed by atoms with Crippen LogP contribution in [0.4, 0.5) is 0 Å². The molecule has 0 saturated carbocycles. The molecule has 1 aromatic heterocycles. The van der Waals surface area contributed by atoms with Gasteiger partial charge in [0.1, 0.15) is 0 Å². The molecular weight excluding hydrogens is 174 g/mol. The van der Waals surface area contributed by atoms with Crippen molar-refractivity contribution in [1.29, 1.82) is 0 Å². The molecule has 0 aliphatic carbocycles.